The van der Waals surface area contributed by atoms with Crippen molar-refractivity contribution >= 4 is 19.1 Å². The third-order valence-corrected chi connectivity index (χ3v) is 4.83. The Hall–Kier alpha value is -2.30. The maximum absolute atomic E-state index is 11.4. The summed E-state index contributed by atoms with van der Waals surface area (Å²) in [5.74, 6) is 0.340. The Morgan fingerprint density at radius 3 is 2.42 bits per heavy atom. The number of carbonyl (C=O) groups excluding carboxylic acids is 1. The fraction of sp³-hybridized carbons (Fsp3) is 0.474. The number of carbonyl (C=O) groups is 1. The van der Waals surface area contributed by atoms with Crippen molar-refractivity contribution in [1.82, 2.24) is 5.32 Å². The second-order valence-corrected chi connectivity index (χ2v) is 7.25. The Kier molecular flexibility index (Phi) is 5.79. The standard InChI is InChI=1S/C19H25BN2O4/c1-13(23)22-12-15(20-25-18(2,3)19(4,5)26-20)10-14-8-7-9-17(24-6)16(14)11-21/h7-10H,12H2,1-6H3,(H,22,23). The number of benzene rings is 1. The minimum absolute atomic E-state index is 0.154. The van der Waals surface area contributed by atoms with E-state index in [1.165, 1.54) is 14.0 Å². The fourth-order valence-corrected chi connectivity index (χ4v) is 2.58. The van der Waals surface area contributed by atoms with E-state index < -0.39 is 18.3 Å². The van der Waals surface area contributed by atoms with Crippen LogP contribution in [-0.4, -0.2) is 37.9 Å². The topological polar surface area (TPSA) is 80.6 Å². The minimum Gasteiger partial charge on any atom is -0.495 e. The van der Waals surface area contributed by atoms with E-state index >= 15 is 0 Å². The summed E-state index contributed by atoms with van der Waals surface area (Å²) in [5.41, 5.74) is 0.830. The minimum atomic E-state index is -0.621. The van der Waals surface area contributed by atoms with Crippen molar-refractivity contribution in [2.75, 3.05) is 13.7 Å². The molecule has 7 heteroatoms. The second-order valence-electron chi connectivity index (χ2n) is 7.25. The largest absolute Gasteiger partial charge is 0.495 e. The number of nitriles is 1. The number of nitrogens with zero attached hydrogens (tertiary/aromatic N) is 1. The lowest BCUT2D eigenvalue weighted by Gasteiger charge is -2.32. The first-order valence-corrected chi connectivity index (χ1v) is 8.49. The van der Waals surface area contributed by atoms with Gasteiger partial charge < -0.3 is 19.4 Å². The molecule has 1 aromatic rings. The Balaban J connectivity index is 2.45. The lowest BCUT2D eigenvalue weighted by Crippen LogP contribution is -2.41. The quantitative estimate of drug-likeness (QED) is 0.821. The van der Waals surface area contributed by atoms with Gasteiger partial charge in [-0.1, -0.05) is 18.2 Å². The molecule has 26 heavy (non-hydrogen) atoms. The van der Waals surface area contributed by atoms with Gasteiger partial charge in [-0.25, -0.2) is 0 Å². The molecule has 0 aliphatic carbocycles. The zero-order valence-corrected chi connectivity index (χ0v) is 16.2. The molecule has 2 rings (SSSR count). The molecule has 1 heterocycles. The van der Waals surface area contributed by atoms with Crippen LogP contribution in [0, 0.1) is 11.3 Å². The molecule has 1 aliphatic heterocycles. The molecule has 1 fully saturated rings. The van der Waals surface area contributed by atoms with Crippen molar-refractivity contribution in [3.05, 3.63) is 34.8 Å². The summed E-state index contributed by atoms with van der Waals surface area (Å²) in [6.45, 7) is 9.58. The number of rotatable bonds is 5. The number of nitrogens with one attached hydrogen (secondary N) is 1. The van der Waals surface area contributed by atoms with Gasteiger partial charge in [-0.05, 0) is 44.8 Å². The number of ether oxygens (including phenoxy) is 1. The van der Waals surface area contributed by atoms with Crippen molar-refractivity contribution in [3.8, 4) is 11.8 Å². The van der Waals surface area contributed by atoms with E-state index in [9.17, 15) is 10.1 Å². The summed E-state index contributed by atoms with van der Waals surface area (Å²) < 4.78 is 17.5. The first-order valence-electron chi connectivity index (χ1n) is 8.49. The summed E-state index contributed by atoms with van der Waals surface area (Å²) in [7, 11) is 0.903. The average Bonchev–Trinajstić information content (AvgIpc) is 2.78. The van der Waals surface area contributed by atoms with Crippen LogP contribution in [0.15, 0.2) is 23.7 Å². The molecule has 6 nitrogen and oxygen atoms in total. The van der Waals surface area contributed by atoms with Gasteiger partial charge in [-0.3, -0.25) is 4.79 Å². The molecule has 1 aromatic carbocycles. The molecule has 1 amide bonds. The predicted molar refractivity (Wildman–Crippen MR) is 100 cm³/mol. The van der Waals surface area contributed by atoms with Gasteiger partial charge in [0, 0.05) is 13.5 Å². The highest BCUT2D eigenvalue weighted by molar-refractivity contribution is 6.56. The molecule has 1 saturated heterocycles. The molecular weight excluding hydrogens is 331 g/mol. The van der Waals surface area contributed by atoms with E-state index in [0.29, 0.717) is 16.9 Å². The average molecular weight is 356 g/mol. The third-order valence-electron chi connectivity index (χ3n) is 4.83. The smallest absolute Gasteiger partial charge is 0.492 e. The Morgan fingerprint density at radius 1 is 1.31 bits per heavy atom. The highest BCUT2D eigenvalue weighted by atomic mass is 16.7. The normalized spacial score (nSPS) is 18.3. The predicted octanol–water partition coefficient (Wildman–Crippen LogP) is 2.72. The van der Waals surface area contributed by atoms with Gasteiger partial charge in [-0.2, -0.15) is 5.26 Å². The number of amides is 1. The van der Waals surface area contributed by atoms with Gasteiger partial charge >= 0.3 is 7.12 Å². The molecule has 0 saturated carbocycles. The number of methoxy groups -OCH3 is 1. The second kappa shape index (κ2) is 7.52. The Labute approximate surface area is 155 Å². The van der Waals surface area contributed by atoms with Crippen molar-refractivity contribution in [2.45, 2.75) is 45.8 Å². The molecular formula is C19H25BN2O4. The first-order chi connectivity index (χ1) is 12.1. The summed E-state index contributed by atoms with van der Waals surface area (Å²) in [4.78, 5) is 11.4. The molecule has 0 radical (unpaired) electrons. The maximum Gasteiger partial charge on any atom is 0.492 e. The molecule has 138 valence electrons. The summed E-state index contributed by atoms with van der Waals surface area (Å²) in [6.07, 6.45) is 1.82. The molecule has 0 bridgehead atoms. The zero-order chi connectivity index (χ0) is 19.5. The van der Waals surface area contributed by atoms with Crippen molar-refractivity contribution in [2.24, 2.45) is 0 Å². The molecule has 1 N–H and O–H groups in total. The van der Waals surface area contributed by atoms with Gasteiger partial charge in [0.2, 0.25) is 5.91 Å². The maximum atomic E-state index is 11.4. The van der Waals surface area contributed by atoms with Crippen LogP contribution in [-0.2, 0) is 14.1 Å². The lowest BCUT2D eigenvalue weighted by molar-refractivity contribution is -0.118. The van der Waals surface area contributed by atoms with Crippen molar-refractivity contribution in [1.29, 1.82) is 5.26 Å². The SMILES string of the molecule is COc1cccc(C=C(CNC(C)=O)B2OC(C)(C)C(C)(C)O2)c1C#N. The molecule has 1 aliphatic rings. The van der Waals surface area contributed by atoms with Gasteiger partial charge in [0.25, 0.3) is 0 Å². The highest BCUT2D eigenvalue weighted by Crippen LogP contribution is 2.39. The van der Waals surface area contributed by atoms with E-state index in [1.54, 1.807) is 6.07 Å². The van der Waals surface area contributed by atoms with Crippen LogP contribution in [0.4, 0.5) is 0 Å². The summed E-state index contributed by atoms with van der Waals surface area (Å²) in [5, 5.41) is 12.3. The van der Waals surface area contributed by atoms with Crippen LogP contribution in [0.2, 0.25) is 0 Å². The third kappa shape index (κ3) is 4.09. The Bertz CT molecular complexity index is 749. The van der Waals surface area contributed by atoms with Gasteiger partial charge in [0.05, 0.1) is 18.3 Å². The van der Waals surface area contributed by atoms with Crippen LogP contribution < -0.4 is 10.1 Å². The van der Waals surface area contributed by atoms with Crippen LogP contribution in [0.1, 0.15) is 45.7 Å². The van der Waals surface area contributed by atoms with Gasteiger partial charge in [0.15, 0.2) is 0 Å². The fourth-order valence-electron chi connectivity index (χ4n) is 2.58. The molecule has 0 aromatic heterocycles. The van der Waals surface area contributed by atoms with Gasteiger partial charge in [0.1, 0.15) is 17.4 Å². The molecule has 0 spiro atoms. The zero-order valence-electron chi connectivity index (χ0n) is 16.2. The van der Waals surface area contributed by atoms with Crippen molar-refractivity contribution in [3.63, 3.8) is 0 Å². The van der Waals surface area contributed by atoms with E-state index in [0.717, 1.165) is 5.47 Å². The highest BCUT2D eigenvalue weighted by Gasteiger charge is 2.52. The lowest BCUT2D eigenvalue weighted by atomic mass is 9.76. The van der Waals surface area contributed by atoms with Gasteiger partial charge in [-0.15, -0.1) is 0 Å². The van der Waals surface area contributed by atoms with E-state index in [1.807, 2.05) is 45.9 Å². The van der Waals surface area contributed by atoms with Crippen LogP contribution in [0.5, 0.6) is 5.75 Å². The molecule has 0 atom stereocenters. The van der Waals surface area contributed by atoms with Crippen molar-refractivity contribution < 1.29 is 18.8 Å². The van der Waals surface area contributed by atoms with E-state index in [-0.39, 0.29) is 12.5 Å². The summed E-state index contributed by atoms with van der Waals surface area (Å²) >= 11 is 0. The van der Waals surface area contributed by atoms with Crippen LogP contribution in [0.3, 0.4) is 0 Å². The van der Waals surface area contributed by atoms with Crippen LogP contribution >= 0.6 is 0 Å². The first kappa shape index (κ1) is 20.0. The monoisotopic (exact) mass is 356 g/mol. The Morgan fingerprint density at radius 2 is 1.92 bits per heavy atom. The van der Waals surface area contributed by atoms with Crippen LogP contribution in [0.25, 0.3) is 6.08 Å². The van der Waals surface area contributed by atoms with E-state index in [4.69, 9.17) is 14.0 Å². The number of hydrogen-bond acceptors (Lipinski definition) is 5. The number of hydrogen-bond donors (Lipinski definition) is 1. The summed E-state index contributed by atoms with van der Waals surface area (Å²) in [6, 6.07) is 7.53. The van der Waals surface area contributed by atoms with E-state index in [2.05, 4.69) is 11.4 Å². The molecule has 0 unspecified atom stereocenters.